The monoisotopic (exact) mass is 314 g/mol. The van der Waals surface area contributed by atoms with Crippen molar-refractivity contribution in [2.45, 2.75) is 11.4 Å². The summed E-state index contributed by atoms with van der Waals surface area (Å²) in [6, 6.07) is 10.4. The Bertz CT molecular complexity index is 735. The van der Waals surface area contributed by atoms with Crippen molar-refractivity contribution in [3.05, 3.63) is 58.9 Å². The van der Waals surface area contributed by atoms with Crippen LogP contribution in [0.2, 0.25) is 5.02 Å². The molecule has 106 valence electrons. The van der Waals surface area contributed by atoms with Crippen LogP contribution in [0.3, 0.4) is 0 Å². The van der Waals surface area contributed by atoms with E-state index in [1.54, 1.807) is 24.3 Å². The average Bonchev–Trinajstić information content (AvgIpc) is 2.41. The molecule has 3 N–H and O–H groups in total. The maximum atomic E-state index is 13.8. The molecule has 0 radical (unpaired) electrons. The number of nitrogens with two attached hydrogens (primary N) is 1. The number of halogens is 2. The van der Waals surface area contributed by atoms with E-state index in [9.17, 15) is 12.8 Å². The first kappa shape index (κ1) is 14.8. The molecular formula is C13H12ClFN2O2S. The SMILES string of the molecule is NCc1cccc(NS(=O)(=O)c2cccc(Cl)c2F)c1. The number of hydrogen-bond acceptors (Lipinski definition) is 3. The van der Waals surface area contributed by atoms with Gasteiger partial charge in [0.25, 0.3) is 10.0 Å². The number of hydrogen-bond donors (Lipinski definition) is 2. The van der Waals surface area contributed by atoms with E-state index in [4.69, 9.17) is 17.3 Å². The van der Waals surface area contributed by atoms with Gasteiger partial charge in [0.1, 0.15) is 4.90 Å². The van der Waals surface area contributed by atoms with Gasteiger partial charge in [-0.3, -0.25) is 4.72 Å². The van der Waals surface area contributed by atoms with Crippen molar-refractivity contribution >= 4 is 27.3 Å². The standard InChI is InChI=1S/C13H12ClFN2O2S/c14-11-5-2-6-12(13(11)15)20(18,19)17-10-4-1-3-9(7-10)8-16/h1-7,17H,8,16H2. The van der Waals surface area contributed by atoms with E-state index < -0.39 is 20.7 Å². The van der Waals surface area contributed by atoms with Crippen LogP contribution >= 0.6 is 11.6 Å². The highest BCUT2D eigenvalue weighted by atomic mass is 35.5. The van der Waals surface area contributed by atoms with Gasteiger partial charge in [-0.25, -0.2) is 12.8 Å². The Balaban J connectivity index is 2.38. The molecule has 0 amide bonds. The summed E-state index contributed by atoms with van der Waals surface area (Å²) in [5.41, 5.74) is 6.56. The van der Waals surface area contributed by atoms with Crippen LogP contribution < -0.4 is 10.5 Å². The van der Waals surface area contributed by atoms with Gasteiger partial charge in [0.15, 0.2) is 5.82 Å². The van der Waals surface area contributed by atoms with Gasteiger partial charge >= 0.3 is 0 Å². The molecule has 2 aromatic rings. The lowest BCUT2D eigenvalue weighted by atomic mass is 10.2. The smallest absolute Gasteiger partial charge is 0.264 e. The van der Waals surface area contributed by atoms with Crippen LogP contribution in [0.5, 0.6) is 0 Å². The molecule has 0 spiro atoms. The molecule has 0 aliphatic carbocycles. The summed E-state index contributed by atoms with van der Waals surface area (Å²) in [5, 5.41) is -0.247. The summed E-state index contributed by atoms with van der Waals surface area (Å²) >= 11 is 5.59. The van der Waals surface area contributed by atoms with Gasteiger partial charge in [-0.05, 0) is 29.8 Å². The zero-order valence-electron chi connectivity index (χ0n) is 10.3. The first-order chi connectivity index (χ1) is 9.44. The Labute approximate surface area is 121 Å². The van der Waals surface area contributed by atoms with Crippen LogP contribution in [0, 0.1) is 5.82 Å². The maximum Gasteiger partial charge on any atom is 0.264 e. The highest BCUT2D eigenvalue weighted by Gasteiger charge is 2.20. The fourth-order valence-electron chi connectivity index (χ4n) is 1.66. The summed E-state index contributed by atoms with van der Waals surface area (Å²) in [6.07, 6.45) is 0. The van der Waals surface area contributed by atoms with Crippen LogP contribution in [0.15, 0.2) is 47.4 Å². The van der Waals surface area contributed by atoms with Crippen LogP contribution in [0.25, 0.3) is 0 Å². The average molecular weight is 315 g/mol. The Hall–Kier alpha value is -1.63. The number of benzene rings is 2. The van der Waals surface area contributed by atoms with E-state index in [0.717, 1.165) is 11.6 Å². The minimum atomic E-state index is -4.04. The zero-order chi connectivity index (χ0) is 14.8. The summed E-state index contributed by atoms with van der Waals surface area (Å²) < 4.78 is 40.3. The third kappa shape index (κ3) is 3.09. The molecule has 20 heavy (non-hydrogen) atoms. The van der Waals surface area contributed by atoms with Crippen molar-refractivity contribution in [1.82, 2.24) is 0 Å². The van der Waals surface area contributed by atoms with Crippen molar-refractivity contribution in [2.24, 2.45) is 5.73 Å². The highest BCUT2D eigenvalue weighted by Crippen LogP contribution is 2.24. The van der Waals surface area contributed by atoms with Gasteiger partial charge in [0, 0.05) is 12.2 Å². The molecule has 2 aromatic carbocycles. The third-order valence-electron chi connectivity index (χ3n) is 2.62. The molecule has 0 unspecified atom stereocenters. The summed E-state index contributed by atoms with van der Waals surface area (Å²) in [7, 11) is -4.04. The van der Waals surface area contributed by atoms with Gasteiger partial charge in [-0.1, -0.05) is 29.8 Å². The lowest BCUT2D eigenvalue weighted by Crippen LogP contribution is -2.15. The van der Waals surface area contributed by atoms with Crippen molar-refractivity contribution < 1.29 is 12.8 Å². The molecule has 4 nitrogen and oxygen atoms in total. The number of rotatable bonds is 4. The van der Waals surface area contributed by atoms with E-state index in [0.29, 0.717) is 5.69 Å². The molecule has 7 heteroatoms. The first-order valence-corrected chi connectivity index (χ1v) is 7.56. The fraction of sp³-hybridized carbons (Fsp3) is 0.0769. The lowest BCUT2D eigenvalue weighted by Gasteiger charge is -2.10. The molecule has 0 aliphatic rings. The van der Waals surface area contributed by atoms with Crippen molar-refractivity contribution in [2.75, 3.05) is 4.72 Å². The largest absolute Gasteiger partial charge is 0.326 e. The molecule has 0 heterocycles. The highest BCUT2D eigenvalue weighted by molar-refractivity contribution is 7.92. The Morgan fingerprint density at radius 2 is 1.90 bits per heavy atom. The number of nitrogens with one attached hydrogen (secondary N) is 1. The van der Waals surface area contributed by atoms with Crippen LogP contribution in [-0.2, 0) is 16.6 Å². The van der Waals surface area contributed by atoms with Gasteiger partial charge < -0.3 is 5.73 Å². The fourth-order valence-corrected chi connectivity index (χ4v) is 3.04. The van der Waals surface area contributed by atoms with Crippen LogP contribution in [-0.4, -0.2) is 8.42 Å². The topological polar surface area (TPSA) is 72.2 Å². The molecule has 0 aromatic heterocycles. The lowest BCUT2D eigenvalue weighted by molar-refractivity contribution is 0.570. The Morgan fingerprint density at radius 1 is 1.20 bits per heavy atom. The predicted molar refractivity (Wildman–Crippen MR) is 76.6 cm³/mol. The van der Waals surface area contributed by atoms with Gasteiger partial charge in [0.2, 0.25) is 0 Å². The molecule has 0 saturated heterocycles. The molecule has 0 atom stereocenters. The first-order valence-electron chi connectivity index (χ1n) is 5.70. The van der Waals surface area contributed by atoms with E-state index >= 15 is 0 Å². The van der Waals surface area contributed by atoms with E-state index in [1.165, 1.54) is 12.1 Å². The molecule has 2 rings (SSSR count). The van der Waals surface area contributed by atoms with Gasteiger partial charge in [-0.2, -0.15) is 0 Å². The molecule has 0 aliphatic heterocycles. The van der Waals surface area contributed by atoms with Crippen LogP contribution in [0.1, 0.15) is 5.56 Å². The van der Waals surface area contributed by atoms with Gasteiger partial charge in [-0.15, -0.1) is 0 Å². The second kappa shape index (κ2) is 5.78. The molecule has 0 saturated carbocycles. The summed E-state index contributed by atoms with van der Waals surface area (Å²) in [6.45, 7) is 0.279. The van der Waals surface area contributed by atoms with Crippen molar-refractivity contribution in [3.8, 4) is 0 Å². The Kier molecular flexibility index (Phi) is 4.27. The number of sulfonamides is 1. The zero-order valence-corrected chi connectivity index (χ0v) is 11.9. The predicted octanol–water partition coefficient (Wildman–Crippen LogP) is 2.74. The van der Waals surface area contributed by atoms with Gasteiger partial charge in [0.05, 0.1) is 5.02 Å². The van der Waals surface area contributed by atoms with Crippen molar-refractivity contribution in [1.29, 1.82) is 0 Å². The summed E-state index contributed by atoms with van der Waals surface area (Å²) in [4.78, 5) is -0.497. The third-order valence-corrected chi connectivity index (χ3v) is 4.31. The molecule has 0 fully saturated rings. The van der Waals surface area contributed by atoms with E-state index in [1.807, 2.05) is 0 Å². The Morgan fingerprint density at radius 3 is 2.60 bits per heavy atom. The van der Waals surface area contributed by atoms with Crippen LogP contribution in [0.4, 0.5) is 10.1 Å². The van der Waals surface area contributed by atoms with E-state index in [2.05, 4.69) is 4.72 Å². The minimum absolute atomic E-state index is 0.247. The minimum Gasteiger partial charge on any atom is -0.326 e. The maximum absolute atomic E-state index is 13.8. The second-order valence-corrected chi connectivity index (χ2v) is 6.12. The molecular weight excluding hydrogens is 303 g/mol. The quantitative estimate of drug-likeness (QED) is 0.911. The van der Waals surface area contributed by atoms with Crippen molar-refractivity contribution in [3.63, 3.8) is 0 Å². The normalized spacial score (nSPS) is 11.3. The second-order valence-electron chi connectivity index (χ2n) is 4.06. The molecule has 0 bridgehead atoms. The summed E-state index contributed by atoms with van der Waals surface area (Å²) in [5.74, 6) is -0.975. The van der Waals surface area contributed by atoms with E-state index in [-0.39, 0.29) is 11.6 Å². The number of anilines is 1.